The van der Waals surface area contributed by atoms with E-state index in [0.717, 1.165) is 3.79 Å². The lowest BCUT2D eigenvalue weighted by molar-refractivity contribution is 1.15. The van der Waals surface area contributed by atoms with Crippen LogP contribution in [0.4, 0.5) is 0 Å². The zero-order chi connectivity index (χ0) is 9.26. The first-order valence-corrected chi connectivity index (χ1v) is 5.82. The third-order valence-electron chi connectivity index (χ3n) is 2.14. The minimum atomic E-state index is 0.640. The molecule has 0 bridgehead atoms. The normalized spacial score (nSPS) is 17.1. The quantitative estimate of drug-likeness (QED) is 0.736. The first-order chi connectivity index (χ1) is 6.31. The molecule has 0 saturated heterocycles. The molecule has 3 heteroatoms. The first-order valence-electron chi connectivity index (χ1n) is 4.15. The van der Waals surface area contributed by atoms with Crippen LogP contribution in [0.2, 0.25) is 0 Å². The minimum Gasteiger partial charge on any atom is -0.193 e. The maximum atomic E-state index is 8.65. The number of nitrogens with zero attached hydrogens (tertiary/aromatic N) is 1. The number of allylic oxidation sites excluding steroid dienone is 2. The van der Waals surface area contributed by atoms with Crippen molar-refractivity contribution in [2.75, 3.05) is 0 Å². The van der Waals surface area contributed by atoms with Crippen molar-refractivity contribution in [3.63, 3.8) is 0 Å². The Hall–Kier alpha value is -0.590. The molecular formula is C10H8BrNS. The molecule has 1 nitrogen and oxygen atoms in total. The van der Waals surface area contributed by atoms with Crippen molar-refractivity contribution in [1.29, 1.82) is 5.26 Å². The SMILES string of the molecule is N#C/C=C(/c1csc(Br)c1)C1CC1. The number of hydrogen-bond acceptors (Lipinski definition) is 2. The van der Waals surface area contributed by atoms with E-state index in [4.69, 9.17) is 5.26 Å². The Kier molecular flexibility index (Phi) is 2.52. The Balaban J connectivity index is 2.31. The van der Waals surface area contributed by atoms with Gasteiger partial charge in [0.15, 0.2) is 0 Å². The van der Waals surface area contributed by atoms with E-state index in [1.54, 1.807) is 17.4 Å². The van der Waals surface area contributed by atoms with E-state index in [0.29, 0.717) is 5.92 Å². The monoisotopic (exact) mass is 253 g/mol. The van der Waals surface area contributed by atoms with Gasteiger partial charge >= 0.3 is 0 Å². The van der Waals surface area contributed by atoms with Gasteiger partial charge in [-0.3, -0.25) is 0 Å². The molecular weight excluding hydrogens is 246 g/mol. The van der Waals surface area contributed by atoms with Gasteiger partial charge in [-0.05, 0) is 57.3 Å². The number of halogens is 1. The summed E-state index contributed by atoms with van der Waals surface area (Å²) in [5, 5.41) is 10.7. The largest absolute Gasteiger partial charge is 0.193 e. The van der Waals surface area contributed by atoms with Crippen LogP contribution in [0.5, 0.6) is 0 Å². The fraction of sp³-hybridized carbons (Fsp3) is 0.300. The van der Waals surface area contributed by atoms with Crippen LogP contribution in [0.1, 0.15) is 18.4 Å². The van der Waals surface area contributed by atoms with Gasteiger partial charge in [0, 0.05) is 6.08 Å². The first kappa shape index (κ1) is 8.98. The molecule has 1 fully saturated rings. The summed E-state index contributed by atoms with van der Waals surface area (Å²) in [7, 11) is 0. The summed E-state index contributed by atoms with van der Waals surface area (Å²) in [4.78, 5) is 0. The second kappa shape index (κ2) is 3.65. The Morgan fingerprint density at radius 2 is 2.46 bits per heavy atom. The van der Waals surface area contributed by atoms with E-state index in [1.807, 2.05) is 0 Å². The molecule has 0 atom stereocenters. The fourth-order valence-corrected chi connectivity index (χ4v) is 2.53. The maximum Gasteiger partial charge on any atom is 0.0915 e. The fourth-order valence-electron chi connectivity index (χ4n) is 1.36. The highest BCUT2D eigenvalue weighted by Crippen LogP contribution is 2.43. The third-order valence-corrected chi connectivity index (χ3v) is 3.64. The van der Waals surface area contributed by atoms with E-state index in [-0.39, 0.29) is 0 Å². The molecule has 0 unspecified atom stereocenters. The summed E-state index contributed by atoms with van der Waals surface area (Å²) in [5.41, 5.74) is 2.42. The van der Waals surface area contributed by atoms with Gasteiger partial charge in [0.05, 0.1) is 9.86 Å². The number of nitriles is 1. The predicted octanol–water partition coefficient (Wildman–Crippen LogP) is 3.83. The van der Waals surface area contributed by atoms with Gasteiger partial charge in [-0.15, -0.1) is 11.3 Å². The van der Waals surface area contributed by atoms with Crippen LogP contribution in [0, 0.1) is 17.2 Å². The van der Waals surface area contributed by atoms with Crippen LogP contribution >= 0.6 is 27.3 Å². The van der Waals surface area contributed by atoms with Gasteiger partial charge < -0.3 is 0 Å². The van der Waals surface area contributed by atoms with Crippen LogP contribution < -0.4 is 0 Å². The summed E-state index contributed by atoms with van der Waals surface area (Å²) < 4.78 is 1.13. The van der Waals surface area contributed by atoms with Crippen LogP contribution in [-0.2, 0) is 0 Å². The molecule has 0 N–H and O–H groups in total. The van der Waals surface area contributed by atoms with E-state index < -0.39 is 0 Å². The third kappa shape index (κ3) is 2.01. The smallest absolute Gasteiger partial charge is 0.0915 e. The van der Waals surface area contributed by atoms with Crippen molar-refractivity contribution in [2.24, 2.45) is 5.92 Å². The molecule has 0 spiro atoms. The van der Waals surface area contributed by atoms with Crippen LogP contribution in [0.3, 0.4) is 0 Å². The lowest BCUT2D eigenvalue weighted by Crippen LogP contribution is -1.82. The molecule has 13 heavy (non-hydrogen) atoms. The van der Waals surface area contributed by atoms with Crippen molar-refractivity contribution in [1.82, 2.24) is 0 Å². The standard InChI is InChI=1S/C10H8BrNS/c11-10-5-8(6-13-10)9(3-4-12)7-1-2-7/h3,5-7H,1-2H2/b9-3+. The Morgan fingerprint density at radius 3 is 2.92 bits per heavy atom. The second-order valence-electron chi connectivity index (χ2n) is 3.14. The molecule has 0 radical (unpaired) electrons. The van der Waals surface area contributed by atoms with Gasteiger partial charge in [0.2, 0.25) is 0 Å². The summed E-state index contributed by atoms with van der Waals surface area (Å²) in [6, 6.07) is 4.21. The van der Waals surface area contributed by atoms with E-state index in [9.17, 15) is 0 Å². The van der Waals surface area contributed by atoms with Crippen LogP contribution in [0.25, 0.3) is 5.57 Å². The van der Waals surface area contributed by atoms with Crippen LogP contribution in [-0.4, -0.2) is 0 Å². The molecule has 0 aliphatic heterocycles. The Labute approximate surface area is 89.8 Å². The lowest BCUT2D eigenvalue weighted by atomic mass is 10.1. The molecule has 2 rings (SSSR count). The summed E-state index contributed by atoms with van der Waals surface area (Å²) in [6.07, 6.45) is 4.16. The maximum absolute atomic E-state index is 8.65. The van der Waals surface area contributed by atoms with Crippen LogP contribution in [0.15, 0.2) is 21.3 Å². The topological polar surface area (TPSA) is 23.8 Å². The van der Waals surface area contributed by atoms with Gasteiger partial charge in [-0.2, -0.15) is 5.26 Å². The van der Waals surface area contributed by atoms with Gasteiger partial charge in [-0.25, -0.2) is 0 Å². The van der Waals surface area contributed by atoms with E-state index in [2.05, 4.69) is 33.4 Å². The predicted molar refractivity (Wildman–Crippen MR) is 58.3 cm³/mol. The zero-order valence-corrected chi connectivity index (χ0v) is 9.36. The number of rotatable bonds is 2. The second-order valence-corrected chi connectivity index (χ2v) is 5.43. The van der Waals surface area contributed by atoms with Gasteiger partial charge in [0.1, 0.15) is 0 Å². The van der Waals surface area contributed by atoms with Crippen molar-refractivity contribution in [3.8, 4) is 6.07 Å². The average molecular weight is 254 g/mol. The average Bonchev–Trinajstić information content (AvgIpc) is 2.85. The van der Waals surface area contributed by atoms with Crippen molar-refractivity contribution < 1.29 is 0 Å². The summed E-state index contributed by atoms with van der Waals surface area (Å²) in [6.45, 7) is 0. The molecule has 0 aromatic carbocycles. The molecule has 1 aromatic rings. The van der Waals surface area contributed by atoms with Crippen molar-refractivity contribution in [2.45, 2.75) is 12.8 Å². The van der Waals surface area contributed by atoms with Gasteiger partial charge in [-0.1, -0.05) is 0 Å². The van der Waals surface area contributed by atoms with Crippen molar-refractivity contribution >= 4 is 32.8 Å². The molecule has 1 aliphatic carbocycles. The minimum absolute atomic E-state index is 0.640. The van der Waals surface area contributed by atoms with E-state index >= 15 is 0 Å². The lowest BCUT2D eigenvalue weighted by Gasteiger charge is -1.98. The highest BCUT2D eigenvalue weighted by Gasteiger charge is 2.27. The highest BCUT2D eigenvalue weighted by molar-refractivity contribution is 9.11. The molecule has 1 heterocycles. The Morgan fingerprint density at radius 1 is 1.69 bits per heavy atom. The number of hydrogen-bond donors (Lipinski definition) is 0. The summed E-state index contributed by atoms with van der Waals surface area (Å²) in [5.74, 6) is 0.640. The molecule has 1 aromatic heterocycles. The molecule has 0 amide bonds. The molecule has 1 aliphatic rings. The highest BCUT2D eigenvalue weighted by atomic mass is 79.9. The Bertz CT molecular complexity index is 382. The molecule has 66 valence electrons. The van der Waals surface area contributed by atoms with E-state index in [1.165, 1.54) is 24.0 Å². The molecule has 1 saturated carbocycles. The van der Waals surface area contributed by atoms with Crippen molar-refractivity contribution in [3.05, 3.63) is 26.9 Å². The van der Waals surface area contributed by atoms with Gasteiger partial charge in [0.25, 0.3) is 0 Å². The number of thiophene rings is 1. The zero-order valence-electron chi connectivity index (χ0n) is 6.96. The summed E-state index contributed by atoms with van der Waals surface area (Å²) >= 11 is 5.10.